The van der Waals surface area contributed by atoms with Crippen LogP contribution in [0.2, 0.25) is 0 Å². The number of likely N-dealkylation sites (tertiary alicyclic amines) is 1. The number of pyridine rings is 1. The SMILES string of the molecule is Cc1ccn2cc(C(=O)N3C[C@@H](N)[C@H](c4cncn4C)C3)nc2c1. The summed E-state index contributed by atoms with van der Waals surface area (Å²) in [5.41, 5.74) is 9.69. The number of aryl methyl sites for hydroxylation is 2. The molecule has 1 fully saturated rings. The van der Waals surface area contributed by atoms with Gasteiger partial charge >= 0.3 is 0 Å². The Morgan fingerprint density at radius 2 is 2.21 bits per heavy atom. The van der Waals surface area contributed by atoms with Crippen LogP contribution in [0.25, 0.3) is 5.65 Å². The third-order valence-corrected chi connectivity index (χ3v) is 4.72. The monoisotopic (exact) mass is 324 g/mol. The van der Waals surface area contributed by atoms with Crippen molar-refractivity contribution < 1.29 is 4.79 Å². The fourth-order valence-corrected chi connectivity index (χ4v) is 3.38. The zero-order valence-corrected chi connectivity index (χ0v) is 13.8. The number of nitrogens with zero attached hydrogens (tertiary/aromatic N) is 5. The smallest absolute Gasteiger partial charge is 0.274 e. The van der Waals surface area contributed by atoms with Gasteiger partial charge in [-0.1, -0.05) is 0 Å². The summed E-state index contributed by atoms with van der Waals surface area (Å²) < 4.78 is 3.83. The Labute approximate surface area is 139 Å². The molecule has 0 saturated carbocycles. The molecule has 0 spiro atoms. The Bertz CT molecular complexity index is 911. The van der Waals surface area contributed by atoms with E-state index in [1.165, 1.54) is 0 Å². The molecule has 0 radical (unpaired) electrons. The summed E-state index contributed by atoms with van der Waals surface area (Å²) >= 11 is 0. The zero-order chi connectivity index (χ0) is 16.8. The minimum atomic E-state index is -0.0939. The molecule has 1 aliphatic rings. The van der Waals surface area contributed by atoms with Gasteiger partial charge < -0.3 is 19.6 Å². The molecule has 1 aliphatic heterocycles. The highest BCUT2D eigenvalue weighted by molar-refractivity contribution is 5.93. The molecular formula is C17H20N6O. The van der Waals surface area contributed by atoms with Gasteiger partial charge in [-0.25, -0.2) is 9.97 Å². The molecule has 24 heavy (non-hydrogen) atoms. The molecule has 3 aromatic rings. The van der Waals surface area contributed by atoms with Crippen molar-refractivity contribution in [3.05, 3.63) is 54.0 Å². The molecule has 4 heterocycles. The van der Waals surface area contributed by atoms with E-state index in [1.54, 1.807) is 17.4 Å². The summed E-state index contributed by atoms with van der Waals surface area (Å²) in [6, 6.07) is 3.86. The number of amides is 1. The van der Waals surface area contributed by atoms with E-state index in [0.717, 1.165) is 16.9 Å². The van der Waals surface area contributed by atoms with Crippen LogP contribution in [0.4, 0.5) is 0 Å². The van der Waals surface area contributed by atoms with Crippen LogP contribution >= 0.6 is 0 Å². The van der Waals surface area contributed by atoms with E-state index in [1.807, 2.05) is 47.5 Å². The van der Waals surface area contributed by atoms with Gasteiger partial charge in [-0.15, -0.1) is 0 Å². The first kappa shape index (κ1) is 14.9. The van der Waals surface area contributed by atoms with E-state index in [4.69, 9.17) is 5.73 Å². The van der Waals surface area contributed by atoms with E-state index in [2.05, 4.69) is 9.97 Å². The highest BCUT2D eigenvalue weighted by Crippen LogP contribution is 2.27. The number of rotatable bonds is 2. The van der Waals surface area contributed by atoms with Crippen LogP contribution in [0.1, 0.15) is 27.7 Å². The molecule has 0 unspecified atom stereocenters. The number of carbonyl (C=O) groups is 1. The average Bonchev–Trinajstić information content (AvgIpc) is 3.24. The van der Waals surface area contributed by atoms with Crippen molar-refractivity contribution in [2.45, 2.75) is 18.9 Å². The van der Waals surface area contributed by atoms with Gasteiger partial charge in [0.05, 0.1) is 6.33 Å². The predicted molar refractivity (Wildman–Crippen MR) is 89.8 cm³/mol. The summed E-state index contributed by atoms with van der Waals surface area (Å²) in [5, 5.41) is 0. The maximum atomic E-state index is 12.8. The van der Waals surface area contributed by atoms with Crippen LogP contribution < -0.4 is 5.73 Å². The number of nitrogens with two attached hydrogens (primary N) is 1. The van der Waals surface area contributed by atoms with Gasteiger partial charge in [0.25, 0.3) is 5.91 Å². The van der Waals surface area contributed by atoms with Crippen LogP contribution in [0.15, 0.2) is 37.1 Å². The Kier molecular flexibility index (Phi) is 3.38. The molecule has 1 saturated heterocycles. The number of aromatic nitrogens is 4. The summed E-state index contributed by atoms with van der Waals surface area (Å²) in [4.78, 5) is 23.2. The fraction of sp³-hybridized carbons (Fsp3) is 0.353. The number of imidazole rings is 2. The quantitative estimate of drug-likeness (QED) is 0.761. The molecule has 7 heteroatoms. The molecule has 1 amide bonds. The van der Waals surface area contributed by atoms with Crippen LogP contribution in [0.3, 0.4) is 0 Å². The number of hydrogen-bond acceptors (Lipinski definition) is 4. The molecule has 0 aliphatic carbocycles. The lowest BCUT2D eigenvalue weighted by Crippen LogP contribution is -2.32. The lowest BCUT2D eigenvalue weighted by molar-refractivity contribution is 0.0784. The van der Waals surface area contributed by atoms with Gasteiger partial charge in [-0.3, -0.25) is 4.79 Å². The maximum Gasteiger partial charge on any atom is 0.274 e. The lowest BCUT2D eigenvalue weighted by Gasteiger charge is -2.15. The van der Waals surface area contributed by atoms with E-state index in [9.17, 15) is 4.79 Å². The highest BCUT2D eigenvalue weighted by atomic mass is 16.2. The van der Waals surface area contributed by atoms with Gasteiger partial charge in [0.15, 0.2) is 0 Å². The molecular weight excluding hydrogens is 304 g/mol. The Balaban J connectivity index is 1.59. The largest absolute Gasteiger partial charge is 0.337 e. The van der Waals surface area contributed by atoms with Gasteiger partial charge in [0.1, 0.15) is 11.3 Å². The number of fused-ring (bicyclic) bond motifs is 1. The molecule has 4 rings (SSSR count). The van der Waals surface area contributed by atoms with Crippen LogP contribution in [0.5, 0.6) is 0 Å². The van der Waals surface area contributed by atoms with Gasteiger partial charge in [0.2, 0.25) is 0 Å². The minimum absolute atomic E-state index is 0.0727. The molecule has 124 valence electrons. The third-order valence-electron chi connectivity index (χ3n) is 4.72. The lowest BCUT2D eigenvalue weighted by atomic mass is 10.0. The normalized spacial score (nSPS) is 20.9. The average molecular weight is 324 g/mol. The molecule has 0 aromatic carbocycles. The molecule has 7 nitrogen and oxygen atoms in total. The van der Waals surface area contributed by atoms with Crippen molar-refractivity contribution in [1.29, 1.82) is 0 Å². The first-order valence-electron chi connectivity index (χ1n) is 7.99. The standard InChI is InChI=1S/C17H20N6O/c1-11-3-4-22-9-14(20-16(22)5-11)17(24)23-7-12(13(18)8-23)15-6-19-10-21(15)2/h3-6,9-10,12-13H,7-8,18H2,1-2H3/t12-,13-/m1/s1. The molecule has 3 aromatic heterocycles. The topological polar surface area (TPSA) is 81.5 Å². The van der Waals surface area contributed by atoms with Crippen LogP contribution in [-0.4, -0.2) is 48.9 Å². The van der Waals surface area contributed by atoms with Gasteiger partial charge in [0, 0.05) is 56.4 Å². The highest BCUT2D eigenvalue weighted by Gasteiger charge is 2.36. The zero-order valence-electron chi connectivity index (χ0n) is 13.8. The second kappa shape index (κ2) is 5.45. The summed E-state index contributed by atoms with van der Waals surface area (Å²) in [6.07, 6.45) is 7.28. The second-order valence-corrected chi connectivity index (χ2v) is 6.51. The number of hydrogen-bond donors (Lipinski definition) is 1. The van der Waals surface area contributed by atoms with E-state index >= 15 is 0 Å². The molecule has 2 N–H and O–H groups in total. The van der Waals surface area contributed by atoms with Crippen molar-refractivity contribution in [2.24, 2.45) is 12.8 Å². The molecule has 2 atom stereocenters. The Morgan fingerprint density at radius 3 is 2.96 bits per heavy atom. The first-order chi connectivity index (χ1) is 11.5. The van der Waals surface area contributed by atoms with Gasteiger partial charge in [-0.05, 0) is 24.6 Å². The summed E-state index contributed by atoms with van der Waals surface area (Å²) in [7, 11) is 1.95. The Hall–Kier alpha value is -2.67. The Morgan fingerprint density at radius 1 is 1.38 bits per heavy atom. The van der Waals surface area contributed by atoms with E-state index in [0.29, 0.717) is 18.8 Å². The maximum absolute atomic E-state index is 12.8. The third kappa shape index (κ3) is 2.37. The summed E-state index contributed by atoms with van der Waals surface area (Å²) in [6.45, 7) is 3.13. The van der Waals surface area contributed by atoms with Crippen molar-refractivity contribution in [3.63, 3.8) is 0 Å². The van der Waals surface area contributed by atoms with Crippen molar-refractivity contribution >= 4 is 11.6 Å². The van der Waals surface area contributed by atoms with Crippen LogP contribution in [0, 0.1) is 6.92 Å². The van der Waals surface area contributed by atoms with E-state index in [-0.39, 0.29) is 17.9 Å². The predicted octanol–water partition coefficient (Wildman–Crippen LogP) is 0.943. The van der Waals surface area contributed by atoms with E-state index < -0.39 is 0 Å². The first-order valence-corrected chi connectivity index (χ1v) is 7.99. The van der Waals surface area contributed by atoms with Crippen molar-refractivity contribution in [1.82, 2.24) is 23.8 Å². The second-order valence-electron chi connectivity index (χ2n) is 6.51. The summed E-state index contributed by atoms with van der Waals surface area (Å²) in [5.74, 6) is 0.0252. The van der Waals surface area contributed by atoms with Crippen LogP contribution in [-0.2, 0) is 7.05 Å². The number of carbonyl (C=O) groups excluding carboxylic acids is 1. The van der Waals surface area contributed by atoms with Crippen molar-refractivity contribution in [3.8, 4) is 0 Å². The fourth-order valence-electron chi connectivity index (χ4n) is 3.38. The molecule has 0 bridgehead atoms. The van der Waals surface area contributed by atoms with Gasteiger partial charge in [-0.2, -0.15) is 0 Å². The van der Waals surface area contributed by atoms with Crippen molar-refractivity contribution in [2.75, 3.05) is 13.1 Å². The minimum Gasteiger partial charge on any atom is -0.337 e.